The Morgan fingerprint density at radius 3 is 2.56 bits per heavy atom. The van der Waals surface area contributed by atoms with Gasteiger partial charge >= 0.3 is 15.3 Å². The monoisotopic (exact) mass is 298 g/mol. The number of alkyl halides is 3. The molecule has 0 amide bonds. The molecule has 0 bridgehead atoms. The molecule has 1 rings (SSSR count). The quantitative estimate of drug-likeness (QED) is 0.400. The molecule has 1 heterocycles. The van der Waals surface area contributed by atoms with E-state index in [9.17, 15) is 17.3 Å². The first-order chi connectivity index (χ1) is 8.34. The molecule has 0 aliphatic rings. The van der Waals surface area contributed by atoms with Crippen molar-refractivity contribution in [2.45, 2.75) is 12.2 Å². The maximum Gasteiger partial charge on any atom is 0.433 e. The van der Waals surface area contributed by atoms with Gasteiger partial charge in [0.05, 0.1) is 6.23 Å². The van der Waals surface area contributed by atoms with Gasteiger partial charge in [0, 0.05) is 5.56 Å². The van der Waals surface area contributed by atoms with Gasteiger partial charge in [-0.1, -0.05) is 23.8 Å². The molecule has 18 heavy (non-hydrogen) atoms. The predicted octanol–water partition coefficient (Wildman–Crippen LogP) is 3.26. The van der Waals surface area contributed by atoms with Crippen molar-refractivity contribution in [1.29, 1.82) is 0 Å². The number of nitrogens with zero attached hydrogens (tertiary/aromatic N) is 1. The molecule has 0 aliphatic heterocycles. The summed E-state index contributed by atoms with van der Waals surface area (Å²) in [4.78, 5) is 3.22. The molecule has 0 unspecified atom stereocenters. The molecule has 2 nitrogen and oxygen atoms in total. The molecule has 1 N–H and O–H groups in total. The van der Waals surface area contributed by atoms with Gasteiger partial charge in [0.2, 0.25) is 0 Å². The molecule has 0 aromatic carbocycles. The Hall–Kier alpha value is -0.923. The van der Waals surface area contributed by atoms with Crippen molar-refractivity contribution < 1.29 is 22.4 Å². The zero-order valence-electron chi connectivity index (χ0n) is 9.01. The van der Waals surface area contributed by atoms with E-state index in [1.54, 1.807) is 0 Å². The average Bonchev–Trinajstić information content (AvgIpc) is 2.29. The number of aliphatic hydroxyl groups excluding tert-OH is 1. The van der Waals surface area contributed by atoms with E-state index in [4.69, 9.17) is 16.7 Å². The van der Waals surface area contributed by atoms with Crippen molar-refractivity contribution in [2.24, 2.45) is 0 Å². The Balaban J connectivity index is 2.80. The van der Waals surface area contributed by atoms with E-state index in [0.29, 0.717) is 0 Å². The van der Waals surface area contributed by atoms with E-state index in [1.165, 1.54) is 12.2 Å². The second kappa shape index (κ2) is 6.30. The Bertz CT molecular complexity index is 438. The summed E-state index contributed by atoms with van der Waals surface area (Å²) in [5, 5.41) is 8.19. The fraction of sp³-hybridized carbons (Fsp3) is 0.300. The van der Waals surface area contributed by atoms with E-state index >= 15 is 0 Å². The topological polar surface area (TPSA) is 33.1 Å². The SMILES string of the molecule is OC[Si](F)C/C=C/c1ccc(C(F)(F)F)nc1Cl. The standard InChI is InChI=1S/C10H9ClF4NOSi/c11-9-7(2-1-5-18(15)6-17)3-4-8(16-9)10(12,13)14/h1-4,17H,5-6H2/b2-1+. The molecule has 1 radical (unpaired) electrons. The third kappa shape index (κ3) is 4.39. The van der Waals surface area contributed by atoms with Crippen LogP contribution in [0.5, 0.6) is 0 Å². The van der Waals surface area contributed by atoms with E-state index in [2.05, 4.69) is 4.98 Å². The minimum absolute atomic E-state index is 0.0541. The smallest absolute Gasteiger partial charge is 0.397 e. The number of hydrogen-bond donors (Lipinski definition) is 1. The summed E-state index contributed by atoms with van der Waals surface area (Å²) in [6, 6.07) is 2.02. The first-order valence-electron chi connectivity index (χ1n) is 4.86. The van der Waals surface area contributed by atoms with Gasteiger partial charge in [-0.2, -0.15) is 13.2 Å². The molecule has 99 valence electrons. The van der Waals surface area contributed by atoms with Crippen LogP contribution in [-0.2, 0) is 6.18 Å². The lowest BCUT2D eigenvalue weighted by Crippen LogP contribution is -2.09. The van der Waals surface area contributed by atoms with Crippen LogP contribution in [0.25, 0.3) is 6.08 Å². The zero-order chi connectivity index (χ0) is 13.8. The normalized spacial score (nSPS) is 12.6. The van der Waals surface area contributed by atoms with Gasteiger partial charge in [0.15, 0.2) is 0 Å². The average molecular weight is 299 g/mol. The van der Waals surface area contributed by atoms with E-state index < -0.39 is 27.2 Å². The Labute approximate surface area is 108 Å². The van der Waals surface area contributed by atoms with Crippen molar-refractivity contribution in [1.82, 2.24) is 4.98 Å². The zero-order valence-corrected chi connectivity index (χ0v) is 10.8. The summed E-state index contributed by atoms with van der Waals surface area (Å²) in [5.74, 6) is 0. The van der Waals surface area contributed by atoms with Crippen molar-refractivity contribution in [2.75, 3.05) is 6.23 Å². The summed E-state index contributed by atoms with van der Waals surface area (Å²) >= 11 is 5.59. The first kappa shape index (κ1) is 15.1. The highest BCUT2D eigenvalue weighted by molar-refractivity contribution is 6.51. The minimum atomic E-state index is -4.54. The van der Waals surface area contributed by atoms with E-state index in [1.807, 2.05) is 0 Å². The number of hydrogen-bond acceptors (Lipinski definition) is 2. The fourth-order valence-corrected chi connectivity index (χ4v) is 1.83. The van der Waals surface area contributed by atoms with Crippen molar-refractivity contribution in [3.63, 3.8) is 0 Å². The van der Waals surface area contributed by atoms with Gasteiger partial charge in [0.1, 0.15) is 10.8 Å². The number of allylic oxidation sites excluding steroid dienone is 1. The maximum absolute atomic E-state index is 12.8. The lowest BCUT2D eigenvalue weighted by Gasteiger charge is -2.06. The lowest BCUT2D eigenvalue weighted by molar-refractivity contribution is -0.141. The van der Waals surface area contributed by atoms with E-state index in [-0.39, 0.29) is 16.8 Å². The van der Waals surface area contributed by atoms with Crippen LogP contribution in [0.4, 0.5) is 17.3 Å². The lowest BCUT2D eigenvalue weighted by atomic mass is 10.2. The van der Waals surface area contributed by atoms with Crippen LogP contribution in [0.2, 0.25) is 11.2 Å². The van der Waals surface area contributed by atoms with Gasteiger partial charge in [0.25, 0.3) is 0 Å². The van der Waals surface area contributed by atoms with Crippen LogP contribution in [0.3, 0.4) is 0 Å². The second-order valence-corrected chi connectivity index (χ2v) is 5.47. The van der Waals surface area contributed by atoms with Gasteiger partial charge in [-0.05, 0) is 18.2 Å². The minimum Gasteiger partial charge on any atom is -0.397 e. The largest absolute Gasteiger partial charge is 0.433 e. The highest BCUT2D eigenvalue weighted by Crippen LogP contribution is 2.29. The Kier molecular flexibility index (Phi) is 5.30. The molecule has 0 fully saturated rings. The highest BCUT2D eigenvalue weighted by atomic mass is 35.5. The number of halogens is 5. The van der Waals surface area contributed by atoms with Crippen molar-refractivity contribution >= 4 is 26.8 Å². The molecular weight excluding hydrogens is 290 g/mol. The molecule has 8 heteroatoms. The van der Waals surface area contributed by atoms with Crippen LogP contribution >= 0.6 is 11.6 Å². The number of aliphatic hydroxyl groups is 1. The molecule has 0 spiro atoms. The predicted molar refractivity (Wildman–Crippen MR) is 62.0 cm³/mol. The van der Waals surface area contributed by atoms with Gasteiger partial charge in [-0.3, -0.25) is 0 Å². The summed E-state index contributed by atoms with van der Waals surface area (Å²) in [6.45, 7) is 0. The molecular formula is C10H9ClF4NOSi. The van der Waals surface area contributed by atoms with Gasteiger partial charge in [-0.25, -0.2) is 4.98 Å². The van der Waals surface area contributed by atoms with Crippen molar-refractivity contribution in [3.05, 3.63) is 34.6 Å². The highest BCUT2D eigenvalue weighted by Gasteiger charge is 2.32. The Morgan fingerprint density at radius 1 is 1.39 bits per heavy atom. The first-order valence-corrected chi connectivity index (χ1v) is 7.03. The second-order valence-electron chi connectivity index (χ2n) is 3.36. The van der Waals surface area contributed by atoms with Gasteiger partial charge in [-0.15, -0.1) is 0 Å². The number of pyridine rings is 1. The molecule has 0 saturated carbocycles. The third-order valence-electron chi connectivity index (χ3n) is 1.98. The van der Waals surface area contributed by atoms with Crippen LogP contribution in [0, 0.1) is 0 Å². The molecule has 1 aromatic heterocycles. The third-order valence-corrected chi connectivity index (χ3v) is 3.30. The summed E-state index contributed by atoms with van der Waals surface area (Å²) in [6.07, 6.45) is -2.25. The summed E-state index contributed by atoms with van der Waals surface area (Å²) < 4.78 is 49.6. The summed E-state index contributed by atoms with van der Waals surface area (Å²) in [7, 11) is -2.32. The molecule has 1 aromatic rings. The molecule has 0 saturated heterocycles. The maximum atomic E-state index is 12.8. The number of aromatic nitrogens is 1. The summed E-state index contributed by atoms with van der Waals surface area (Å²) in [5.41, 5.74) is -0.798. The number of rotatable bonds is 4. The van der Waals surface area contributed by atoms with E-state index in [0.717, 1.165) is 12.1 Å². The van der Waals surface area contributed by atoms with Crippen LogP contribution < -0.4 is 0 Å². The Morgan fingerprint density at radius 2 is 2.06 bits per heavy atom. The van der Waals surface area contributed by atoms with Crippen LogP contribution in [-0.4, -0.2) is 25.5 Å². The van der Waals surface area contributed by atoms with Crippen LogP contribution in [0.1, 0.15) is 11.3 Å². The fourth-order valence-electron chi connectivity index (χ4n) is 1.11. The van der Waals surface area contributed by atoms with Crippen LogP contribution in [0.15, 0.2) is 18.2 Å². The molecule has 0 atom stereocenters. The van der Waals surface area contributed by atoms with Crippen molar-refractivity contribution in [3.8, 4) is 0 Å². The molecule has 0 aliphatic carbocycles. The van der Waals surface area contributed by atoms with Gasteiger partial charge < -0.3 is 9.21 Å².